The van der Waals surface area contributed by atoms with E-state index in [4.69, 9.17) is 0 Å². The van der Waals surface area contributed by atoms with Crippen molar-refractivity contribution in [2.45, 2.75) is 53.9 Å². The van der Waals surface area contributed by atoms with Crippen LogP contribution in [0.5, 0.6) is 0 Å². The third-order valence-electron chi connectivity index (χ3n) is 4.91. The van der Waals surface area contributed by atoms with Crippen molar-refractivity contribution in [2.75, 3.05) is 6.54 Å². The molecule has 1 amide bonds. The van der Waals surface area contributed by atoms with Gasteiger partial charge in [-0.1, -0.05) is 17.7 Å². The van der Waals surface area contributed by atoms with Gasteiger partial charge < -0.3 is 5.32 Å². The minimum absolute atomic E-state index is 0.0663. The Kier molecular flexibility index (Phi) is 5.47. The summed E-state index contributed by atoms with van der Waals surface area (Å²) in [6, 6.07) is 4.41. The Morgan fingerprint density at radius 3 is 2.25 bits per heavy atom. The summed E-state index contributed by atoms with van der Waals surface area (Å²) in [5, 5.41) is 7.50. The second kappa shape index (κ2) is 7.20. The van der Waals surface area contributed by atoms with E-state index < -0.39 is 0 Å². The van der Waals surface area contributed by atoms with Crippen molar-refractivity contribution < 1.29 is 4.79 Å². The molecule has 0 aliphatic carbocycles. The molecule has 0 bridgehead atoms. The fourth-order valence-electron chi connectivity index (χ4n) is 3.62. The number of amides is 1. The lowest BCUT2D eigenvalue weighted by Crippen LogP contribution is -2.30. The molecule has 1 aromatic heterocycles. The Morgan fingerprint density at radius 1 is 1.17 bits per heavy atom. The largest absolute Gasteiger partial charge is 0.355 e. The number of carbonyl (C=O) groups excluding carboxylic acids is 1. The number of aryl methyl sites for hydroxylation is 5. The first-order chi connectivity index (χ1) is 11.2. The van der Waals surface area contributed by atoms with E-state index in [-0.39, 0.29) is 11.8 Å². The zero-order valence-electron chi connectivity index (χ0n) is 15.9. The Hall–Kier alpha value is -2.10. The van der Waals surface area contributed by atoms with Gasteiger partial charge in [0.25, 0.3) is 0 Å². The fraction of sp³-hybridized carbons (Fsp3) is 0.500. The average Bonchev–Trinajstić information content (AvgIpc) is 2.73. The molecular formula is C20H29N3O. The average molecular weight is 327 g/mol. The quantitative estimate of drug-likeness (QED) is 0.914. The highest BCUT2D eigenvalue weighted by atomic mass is 16.1. The van der Waals surface area contributed by atoms with E-state index in [0.717, 1.165) is 23.4 Å². The summed E-state index contributed by atoms with van der Waals surface area (Å²) >= 11 is 0. The fourth-order valence-corrected chi connectivity index (χ4v) is 3.62. The summed E-state index contributed by atoms with van der Waals surface area (Å²) in [6.45, 7) is 13.0. The van der Waals surface area contributed by atoms with Gasteiger partial charge in [-0.3, -0.25) is 9.48 Å². The third kappa shape index (κ3) is 3.69. The van der Waals surface area contributed by atoms with Crippen molar-refractivity contribution in [2.24, 2.45) is 7.05 Å². The normalized spacial score (nSPS) is 12.3. The molecule has 0 aliphatic heterocycles. The molecule has 1 aromatic carbocycles. The van der Waals surface area contributed by atoms with Crippen molar-refractivity contribution in [1.29, 1.82) is 0 Å². The van der Waals surface area contributed by atoms with Gasteiger partial charge in [0, 0.05) is 24.8 Å². The SMILES string of the molecule is Cc1cc(C)c(CCNC(=O)C(C)c2c(C)nn(C)c2C)c(C)c1. The highest BCUT2D eigenvalue weighted by Crippen LogP contribution is 2.23. The number of nitrogens with one attached hydrogen (secondary N) is 1. The third-order valence-corrected chi connectivity index (χ3v) is 4.91. The smallest absolute Gasteiger partial charge is 0.227 e. The summed E-state index contributed by atoms with van der Waals surface area (Å²) in [6.07, 6.45) is 0.863. The molecule has 0 spiro atoms. The Morgan fingerprint density at radius 2 is 1.75 bits per heavy atom. The first kappa shape index (κ1) is 18.2. The van der Waals surface area contributed by atoms with Crippen molar-refractivity contribution in [3.05, 3.63) is 51.3 Å². The van der Waals surface area contributed by atoms with Crippen LogP contribution in [0.1, 0.15) is 52.0 Å². The van der Waals surface area contributed by atoms with Gasteiger partial charge in [-0.2, -0.15) is 5.10 Å². The highest BCUT2D eigenvalue weighted by Gasteiger charge is 2.22. The van der Waals surface area contributed by atoms with Gasteiger partial charge in [-0.25, -0.2) is 0 Å². The summed E-state index contributed by atoms with van der Waals surface area (Å²) in [5.74, 6) is -0.115. The molecule has 24 heavy (non-hydrogen) atoms. The first-order valence-corrected chi connectivity index (χ1v) is 8.57. The van der Waals surface area contributed by atoms with Gasteiger partial charge in [0.1, 0.15) is 0 Å². The minimum Gasteiger partial charge on any atom is -0.355 e. The monoisotopic (exact) mass is 327 g/mol. The molecule has 1 atom stereocenters. The van der Waals surface area contributed by atoms with Gasteiger partial charge in [-0.05, 0) is 64.7 Å². The lowest BCUT2D eigenvalue weighted by atomic mass is 9.96. The summed E-state index contributed by atoms with van der Waals surface area (Å²) in [5.41, 5.74) is 8.25. The molecule has 0 radical (unpaired) electrons. The minimum atomic E-state index is -0.182. The zero-order valence-corrected chi connectivity index (χ0v) is 15.9. The van der Waals surface area contributed by atoms with Crippen molar-refractivity contribution in [3.8, 4) is 0 Å². The number of nitrogens with zero attached hydrogens (tertiary/aromatic N) is 2. The molecule has 1 heterocycles. The molecule has 0 fully saturated rings. The molecular weight excluding hydrogens is 298 g/mol. The standard InChI is InChI=1S/C20H29N3O/c1-12-10-13(2)18(14(3)11-12)8-9-21-20(24)15(4)19-16(5)22-23(7)17(19)6/h10-11,15H,8-9H2,1-7H3,(H,21,24). The molecule has 130 valence electrons. The number of aromatic nitrogens is 2. The van der Waals surface area contributed by atoms with E-state index >= 15 is 0 Å². The number of benzene rings is 1. The second-order valence-corrected chi connectivity index (χ2v) is 6.85. The van der Waals surface area contributed by atoms with E-state index in [1.165, 1.54) is 22.3 Å². The van der Waals surface area contributed by atoms with E-state index in [0.29, 0.717) is 6.54 Å². The molecule has 2 aromatic rings. The molecule has 1 unspecified atom stereocenters. The maximum atomic E-state index is 12.5. The van der Waals surface area contributed by atoms with Crippen molar-refractivity contribution >= 4 is 5.91 Å². The van der Waals surface area contributed by atoms with Gasteiger partial charge in [-0.15, -0.1) is 0 Å². The van der Waals surface area contributed by atoms with Crippen LogP contribution in [0, 0.1) is 34.6 Å². The predicted octanol–water partition coefficient (Wildman–Crippen LogP) is 3.42. The second-order valence-electron chi connectivity index (χ2n) is 6.85. The number of carbonyl (C=O) groups is 1. The Labute approximate surface area is 145 Å². The summed E-state index contributed by atoms with van der Waals surface area (Å²) in [7, 11) is 1.92. The van der Waals surface area contributed by atoms with Crippen LogP contribution in [-0.4, -0.2) is 22.2 Å². The highest BCUT2D eigenvalue weighted by molar-refractivity contribution is 5.83. The van der Waals surface area contributed by atoms with Gasteiger partial charge >= 0.3 is 0 Å². The van der Waals surface area contributed by atoms with Gasteiger partial charge in [0.2, 0.25) is 5.91 Å². The van der Waals surface area contributed by atoms with Crippen LogP contribution in [0.4, 0.5) is 0 Å². The van der Waals surface area contributed by atoms with Crippen LogP contribution in [0.15, 0.2) is 12.1 Å². The zero-order chi connectivity index (χ0) is 18.0. The van der Waals surface area contributed by atoms with Crippen LogP contribution < -0.4 is 5.32 Å². The lowest BCUT2D eigenvalue weighted by molar-refractivity contribution is -0.122. The van der Waals surface area contributed by atoms with Gasteiger partial charge in [0.05, 0.1) is 11.6 Å². The number of hydrogen-bond donors (Lipinski definition) is 1. The van der Waals surface area contributed by atoms with Gasteiger partial charge in [0.15, 0.2) is 0 Å². The van der Waals surface area contributed by atoms with Crippen LogP contribution in [0.25, 0.3) is 0 Å². The van der Waals surface area contributed by atoms with Crippen LogP contribution in [-0.2, 0) is 18.3 Å². The number of rotatable bonds is 5. The van der Waals surface area contributed by atoms with E-state index in [1.54, 1.807) is 0 Å². The van der Waals surface area contributed by atoms with Crippen molar-refractivity contribution in [3.63, 3.8) is 0 Å². The predicted molar refractivity (Wildman–Crippen MR) is 98.5 cm³/mol. The van der Waals surface area contributed by atoms with Crippen LogP contribution in [0.2, 0.25) is 0 Å². The maximum Gasteiger partial charge on any atom is 0.227 e. The van der Waals surface area contributed by atoms with Crippen LogP contribution in [0.3, 0.4) is 0 Å². The first-order valence-electron chi connectivity index (χ1n) is 8.57. The topological polar surface area (TPSA) is 46.9 Å². The van der Waals surface area contributed by atoms with E-state index in [9.17, 15) is 4.79 Å². The molecule has 4 heteroatoms. The maximum absolute atomic E-state index is 12.5. The molecule has 1 N–H and O–H groups in total. The Bertz CT molecular complexity index is 735. The van der Waals surface area contributed by atoms with E-state index in [2.05, 4.69) is 43.3 Å². The molecule has 0 saturated carbocycles. The summed E-state index contributed by atoms with van der Waals surface area (Å²) < 4.78 is 1.84. The Balaban J connectivity index is 2.01. The van der Waals surface area contributed by atoms with Crippen LogP contribution >= 0.6 is 0 Å². The molecule has 4 nitrogen and oxygen atoms in total. The van der Waals surface area contributed by atoms with E-state index in [1.807, 2.05) is 32.5 Å². The molecule has 0 aliphatic rings. The summed E-state index contributed by atoms with van der Waals surface area (Å²) in [4.78, 5) is 12.5. The van der Waals surface area contributed by atoms with Crippen molar-refractivity contribution in [1.82, 2.24) is 15.1 Å². The lowest BCUT2D eigenvalue weighted by Gasteiger charge is -2.15. The molecule has 2 rings (SSSR count). The molecule has 0 saturated heterocycles. The number of hydrogen-bond acceptors (Lipinski definition) is 2.